The van der Waals surface area contributed by atoms with Crippen LogP contribution in [0.1, 0.15) is 51.0 Å². The van der Waals surface area contributed by atoms with Crippen LogP contribution in [0, 0.1) is 7.14 Å². The van der Waals surface area contributed by atoms with E-state index in [0.29, 0.717) is 12.0 Å². The fourth-order valence-corrected chi connectivity index (χ4v) is 3.69. The molecule has 0 aromatic heterocycles. The van der Waals surface area contributed by atoms with Crippen LogP contribution in [0.15, 0.2) is 17.2 Å². The first kappa shape index (κ1) is 18.7. The van der Waals surface area contributed by atoms with Gasteiger partial charge in [0.2, 0.25) is 5.91 Å². The van der Waals surface area contributed by atoms with Gasteiger partial charge in [0.1, 0.15) is 5.75 Å². The van der Waals surface area contributed by atoms with Crippen LogP contribution in [-0.2, 0) is 4.79 Å². The molecule has 0 saturated carbocycles. The number of carbonyl (C=O) groups excluding carboxylic acids is 1. The molecule has 0 spiro atoms. The summed E-state index contributed by atoms with van der Waals surface area (Å²) in [5.74, 6) is 0.108. The largest absolute Gasteiger partial charge is 0.506 e. The number of unbranched alkanes of at least 4 members (excludes halogenated alkanes) is 4. The lowest BCUT2D eigenvalue weighted by Crippen LogP contribution is -2.16. The van der Waals surface area contributed by atoms with E-state index in [4.69, 9.17) is 0 Å². The summed E-state index contributed by atoms with van der Waals surface area (Å²) in [6.45, 7) is 2.17. The fourth-order valence-electron chi connectivity index (χ4n) is 1.80. The second-order valence-corrected chi connectivity index (χ2v) is 7.19. The lowest BCUT2D eigenvalue weighted by atomic mass is 10.1. The minimum absolute atomic E-state index is 0.0810. The van der Waals surface area contributed by atoms with E-state index in [2.05, 4.69) is 62.6 Å². The zero-order valence-corrected chi connectivity index (χ0v) is 16.3. The molecule has 4 nitrogen and oxygen atoms in total. The molecule has 21 heavy (non-hydrogen) atoms. The third kappa shape index (κ3) is 7.44. The van der Waals surface area contributed by atoms with E-state index in [0.717, 1.165) is 20.0 Å². The highest BCUT2D eigenvalue weighted by atomic mass is 127. The number of aromatic hydroxyl groups is 1. The van der Waals surface area contributed by atoms with E-state index in [1.165, 1.54) is 25.5 Å². The molecule has 0 fully saturated rings. The molecule has 0 atom stereocenters. The first-order chi connectivity index (χ1) is 10.0. The molecule has 0 aliphatic rings. The summed E-state index contributed by atoms with van der Waals surface area (Å²) in [7, 11) is 0. The van der Waals surface area contributed by atoms with Gasteiger partial charge in [0, 0.05) is 15.6 Å². The third-order valence-electron chi connectivity index (χ3n) is 2.96. The van der Waals surface area contributed by atoms with Crippen molar-refractivity contribution in [3.05, 3.63) is 24.8 Å². The van der Waals surface area contributed by atoms with E-state index >= 15 is 0 Å². The van der Waals surface area contributed by atoms with Gasteiger partial charge in [0.25, 0.3) is 0 Å². The van der Waals surface area contributed by atoms with Gasteiger partial charge >= 0.3 is 0 Å². The molecule has 0 heterocycles. The number of phenols is 1. The van der Waals surface area contributed by atoms with Crippen LogP contribution in [-0.4, -0.2) is 17.2 Å². The highest BCUT2D eigenvalue weighted by Crippen LogP contribution is 2.25. The van der Waals surface area contributed by atoms with Crippen molar-refractivity contribution < 1.29 is 9.90 Å². The lowest BCUT2D eigenvalue weighted by Gasteiger charge is -2.03. The van der Waals surface area contributed by atoms with E-state index in [-0.39, 0.29) is 11.7 Å². The van der Waals surface area contributed by atoms with E-state index < -0.39 is 0 Å². The number of phenolic OH excluding ortho intramolecular Hbond substituents is 1. The van der Waals surface area contributed by atoms with Crippen LogP contribution < -0.4 is 5.43 Å². The van der Waals surface area contributed by atoms with Gasteiger partial charge in [-0.3, -0.25) is 4.79 Å². The molecular formula is C15H20I2N2O2. The molecule has 1 aromatic carbocycles. The molecule has 0 aliphatic heterocycles. The van der Waals surface area contributed by atoms with Gasteiger partial charge < -0.3 is 5.11 Å². The Morgan fingerprint density at radius 3 is 2.71 bits per heavy atom. The molecule has 0 unspecified atom stereocenters. The molecule has 0 bridgehead atoms. The summed E-state index contributed by atoms with van der Waals surface area (Å²) in [6, 6.07) is 3.70. The second kappa shape index (κ2) is 10.4. The van der Waals surface area contributed by atoms with Crippen molar-refractivity contribution in [1.82, 2.24) is 5.43 Å². The number of carbonyl (C=O) groups is 1. The Hall–Kier alpha value is -0.380. The van der Waals surface area contributed by atoms with Crippen molar-refractivity contribution in [3.8, 4) is 5.75 Å². The Bertz CT molecular complexity index is 505. The first-order valence-electron chi connectivity index (χ1n) is 7.04. The van der Waals surface area contributed by atoms with Crippen LogP contribution in [0.3, 0.4) is 0 Å². The highest BCUT2D eigenvalue weighted by molar-refractivity contribution is 14.1. The summed E-state index contributed by atoms with van der Waals surface area (Å²) in [5.41, 5.74) is 3.11. The maximum absolute atomic E-state index is 11.6. The predicted molar refractivity (Wildman–Crippen MR) is 103 cm³/mol. The number of nitrogens with zero attached hydrogens (tertiary/aromatic N) is 1. The van der Waals surface area contributed by atoms with Crippen molar-refractivity contribution in [2.75, 3.05) is 0 Å². The Labute approximate surface area is 153 Å². The number of hydrogen-bond acceptors (Lipinski definition) is 3. The summed E-state index contributed by atoms with van der Waals surface area (Å²) >= 11 is 4.24. The molecule has 1 rings (SSSR count). The molecule has 1 aromatic rings. The van der Waals surface area contributed by atoms with Crippen LogP contribution in [0.4, 0.5) is 0 Å². The van der Waals surface area contributed by atoms with Crippen LogP contribution in [0.2, 0.25) is 0 Å². The number of nitrogens with one attached hydrogen (secondary N) is 1. The van der Waals surface area contributed by atoms with E-state index in [1.54, 1.807) is 0 Å². The maximum atomic E-state index is 11.6. The van der Waals surface area contributed by atoms with Crippen LogP contribution in [0.25, 0.3) is 0 Å². The van der Waals surface area contributed by atoms with Gasteiger partial charge in [0.15, 0.2) is 0 Å². The highest BCUT2D eigenvalue weighted by Gasteiger charge is 2.05. The third-order valence-corrected chi connectivity index (χ3v) is 4.40. The van der Waals surface area contributed by atoms with E-state index in [1.807, 2.05) is 12.1 Å². The average Bonchev–Trinajstić information content (AvgIpc) is 2.43. The van der Waals surface area contributed by atoms with Crippen molar-refractivity contribution in [3.63, 3.8) is 0 Å². The Morgan fingerprint density at radius 1 is 1.29 bits per heavy atom. The van der Waals surface area contributed by atoms with Crippen molar-refractivity contribution >= 4 is 57.3 Å². The molecule has 2 N–H and O–H groups in total. The molecule has 0 aliphatic carbocycles. The lowest BCUT2D eigenvalue weighted by molar-refractivity contribution is -0.121. The summed E-state index contributed by atoms with van der Waals surface area (Å²) in [6.07, 6.45) is 7.57. The zero-order valence-electron chi connectivity index (χ0n) is 12.0. The topological polar surface area (TPSA) is 61.7 Å². The zero-order chi connectivity index (χ0) is 15.7. The van der Waals surface area contributed by atoms with Gasteiger partial charge in [-0.1, -0.05) is 32.6 Å². The minimum Gasteiger partial charge on any atom is -0.506 e. The Balaban J connectivity index is 2.39. The van der Waals surface area contributed by atoms with Crippen LogP contribution >= 0.6 is 45.2 Å². The first-order valence-corrected chi connectivity index (χ1v) is 9.20. The number of halogens is 2. The monoisotopic (exact) mass is 514 g/mol. The standard InChI is InChI=1S/C15H20I2N2O2/c1-2-3-4-5-6-7-14(20)19-18-10-11-8-12(16)9-13(17)15(11)21/h8-10,21H,2-7H2,1H3,(H,19,20)/b18-10+. The number of amides is 1. The van der Waals surface area contributed by atoms with Crippen molar-refractivity contribution in [1.29, 1.82) is 0 Å². The van der Waals surface area contributed by atoms with Gasteiger partial charge in [-0.2, -0.15) is 5.10 Å². The fraction of sp³-hybridized carbons (Fsp3) is 0.467. The van der Waals surface area contributed by atoms with Gasteiger partial charge in [-0.15, -0.1) is 0 Å². The second-order valence-electron chi connectivity index (χ2n) is 4.78. The normalized spacial score (nSPS) is 11.0. The van der Waals surface area contributed by atoms with Gasteiger partial charge in [-0.05, 0) is 63.7 Å². The summed E-state index contributed by atoms with van der Waals surface area (Å²) in [5, 5.41) is 13.8. The molecule has 0 radical (unpaired) electrons. The molecule has 6 heteroatoms. The Kier molecular flexibility index (Phi) is 9.21. The number of hydrazone groups is 1. The summed E-state index contributed by atoms with van der Waals surface area (Å²) < 4.78 is 1.78. The molecule has 0 saturated heterocycles. The predicted octanol–water partition coefficient (Wildman–Crippen LogP) is 4.41. The van der Waals surface area contributed by atoms with Gasteiger partial charge in [-0.25, -0.2) is 5.43 Å². The van der Waals surface area contributed by atoms with E-state index in [9.17, 15) is 9.90 Å². The van der Waals surface area contributed by atoms with Crippen molar-refractivity contribution in [2.45, 2.75) is 45.4 Å². The SMILES string of the molecule is CCCCCCCC(=O)N/N=C/c1cc(I)cc(I)c1O. The number of hydrogen-bond donors (Lipinski definition) is 2. The maximum Gasteiger partial charge on any atom is 0.240 e. The molecular weight excluding hydrogens is 494 g/mol. The quantitative estimate of drug-likeness (QED) is 0.234. The summed E-state index contributed by atoms with van der Waals surface area (Å²) in [4.78, 5) is 11.6. The smallest absolute Gasteiger partial charge is 0.240 e. The van der Waals surface area contributed by atoms with Crippen LogP contribution in [0.5, 0.6) is 5.75 Å². The number of rotatable bonds is 8. The molecule has 116 valence electrons. The molecule has 1 amide bonds. The average molecular weight is 514 g/mol. The minimum atomic E-state index is -0.0810. The number of benzene rings is 1. The Morgan fingerprint density at radius 2 is 2.00 bits per heavy atom. The van der Waals surface area contributed by atoms with Gasteiger partial charge in [0.05, 0.1) is 9.78 Å². The van der Waals surface area contributed by atoms with Crippen molar-refractivity contribution in [2.24, 2.45) is 5.10 Å².